The lowest BCUT2D eigenvalue weighted by molar-refractivity contribution is 0.557. The molecule has 0 saturated carbocycles. The zero-order valence-corrected chi connectivity index (χ0v) is 10.5. The average Bonchev–Trinajstić information content (AvgIpc) is 2.21. The van der Waals surface area contributed by atoms with E-state index in [2.05, 4.69) is 29.0 Å². The van der Waals surface area contributed by atoms with Gasteiger partial charge >= 0.3 is 0 Å². The Labute approximate surface area is 99.6 Å². The van der Waals surface area contributed by atoms with Gasteiger partial charge in [-0.05, 0) is 17.5 Å². The van der Waals surface area contributed by atoms with Crippen molar-refractivity contribution < 1.29 is 0 Å². The van der Waals surface area contributed by atoms with Crippen molar-refractivity contribution in [3.05, 3.63) is 10.4 Å². The van der Waals surface area contributed by atoms with E-state index in [-0.39, 0.29) is 10.4 Å². The van der Waals surface area contributed by atoms with E-state index in [9.17, 15) is 0 Å². The van der Waals surface area contributed by atoms with Gasteiger partial charge in [0.15, 0.2) is 11.0 Å². The lowest BCUT2D eigenvalue weighted by Crippen LogP contribution is -2.25. The van der Waals surface area contributed by atoms with Crippen LogP contribution in [0.4, 0.5) is 5.82 Å². The summed E-state index contributed by atoms with van der Waals surface area (Å²) in [5, 5.41) is 7.68. The zero-order chi connectivity index (χ0) is 11.4. The third-order valence-corrected chi connectivity index (χ3v) is 2.65. The quantitative estimate of drug-likeness (QED) is 0.822. The summed E-state index contributed by atoms with van der Waals surface area (Å²) < 4.78 is 0. The van der Waals surface area contributed by atoms with Crippen molar-refractivity contribution >= 4 is 29.0 Å². The molecule has 1 aromatic rings. The molecule has 0 amide bonds. The number of anilines is 1. The second-order valence-electron chi connectivity index (χ2n) is 3.59. The van der Waals surface area contributed by atoms with Crippen LogP contribution in [0.5, 0.6) is 0 Å². The normalized spacial score (nSPS) is 12.6. The Hall–Kier alpha value is -0.610. The van der Waals surface area contributed by atoms with Gasteiger partial charge in [-0.2, -0.15) is 4.98 Å². The molecule has 0 N–H and O–H groups in total. The predicted octanol–water partition coefficient (Wildman–Crippen LogP) is 2.66. The second kappa shape index (κ2) is 5.47. The van der Waals surface area contributed by atoms with Crippen LogP contribution in [0, 0.1) is 5.92 Å². The molecular weight excluding hydrogens is 235 g/mol. The van der Waals surface area contributed by atoms with Gasteiger partial charge < -0.3 is 4.90 Å². The molecule has 0 fully saturated rings. The Morgan fingerprint density at radius 1 is 1.33 bits per heavy atom. The molecule has 84 valence electrons. The number of aromatic nitrogens is 3. The Morgan fingerprint density at radius 3 is 2.60 bits per heavy atom. The number of nitrogens with zero attached hydrogens (tertiary/aromatic N) is 4. The van der Waals surface area contributed by atoms with Gasteiger partial charge in [-0.3, -0.25) is 0 Å². The van der Waals surface area contributed by atoms with Crippen molar-refractivity contribution in [2.75, 3.05) is 18.5 Å². The highest BCUT2D eigenvalue weighted by atomic mass is 35.5. The van der Waals surface area contributed by atoms with Gasteiger partial charge in [0.1, 0.15) is 0 Å². The van der Waals surface area contributed by atoms with Crippen LogP contribution in [-0.4, -0.2) is 28.8 Å². The van der Waals surface area contributed by atoms with E-state index >= 15 is 0 Å². The van der Waals surface area contributed by atoms with Crippen LogP contribution in [0.1, 0.15) is 20.3 Å². The van der Waals surface area contributed by atoms with Gasteiger partial charge in [0, 0.05) is 13.6 Å². The van der Waals surface area contributed by atoms with E-state index in [1.54, 1.807) is 0 Å². The number of halogens is 2. The highest BCUT2D eigenvalue weighted by molar-refractivity contribution is 6.32. The first-order chi connectivity index (χ1) is 7.04. The molecule has 0 aliphatic rings. The molecule has 0 radical (unpaired) electrons. The summed E-state index contributed by atoms with van der Waals surface area (Å²) in [5.74, 6) is 1.15. The Balaban J connectivity index is 2.80. The topological polar surface area (TPSA) is 41.9 Å². The van der Waals surface area contributed by atoms with Crippen molar-refractivity contribution in [3.8, 4) is 0 Å². The Bertz CT molecular complexity index is 332. The molecule has 0 aromatic carbocycles. The smallest absolute Gasteiger partial charge is 0.245 e. The molecule has 0 aliphatic heterocycles. The van der Waals surface area contributed by atoms with Crippen LogP contribution in [0.2, 0.25) is 10.4 Å². The maximum absolute atomic E-state index is 5.88. The molecule has 0 saturated heterocycles. The lowest BCUT2D eigenvalue weighted by Gasteiger charge is -2.21. The highest BCUT2D eigenvalue weighted by Gasteiger charge is 2.12. The third-order valence-electron chi connectivity index (χ3n) is 2.25. The second-order valence-corrected chi connectivity index (χ2v) is 4.29. The largest absolute Gasteiger partial charge is 0.357 e. The summed E-state index contributed by atoms with van der Waals surface area (Å²) in [4.78, 5) is 5.99. The SMILES string of the molecule is CCC(C)CN(C)c1nc(Cl)nnc1Cl. The minimum absolute atomic E-state index is 0.116. The van der Waals surface area contributed by atoms with Crippen molar-refractivity contribution in [3.63, 3.8) is 0 Å². The summed E-state index contributed by atoms with van der Waals surface area (Å²) >= 11 is 11.5. The van der Waals surface area contributed by atoms with Crippen LogP contribution in [0.15, 0.2) is 0 Å². The Morgan fingerprint density at radius 2 is 2.00 bits per heavy atom. The first kappa shape index (κ1) is 12.5. The van der Waals surface area contributed by atoms with Gasteiger partial charge in [0.25, 0.3) is 0 Å². The molecule has 4 nitrogen and oxygen atoms in total. The molecule has 6 heteroatoms. The minimum Gasteiger partial charge on any atom is -0.357 e. The van der Waals surface area contributed by atoms with Crippen LogP contribution < -0.4 is 4.90 Å². The van der Waals surface area contributed by atoms with Crippen LogP contribution in [0.25, 0.3) is 0 Å². The Kier molecular flexibility index (Phi) is 4.54. The van der Waals surface area contributed by atoms with E-state index in [4.69, 9.17) is 23.2 Å². The first-order valence-corrected chi connectivity index (χ1v) is 5.57. The summed E-state index contributed by atoms with van der Waals surface area (Å²) in [5.41, 5.74) is 0. The monoisotopic (exact) mass is 248 g/mol. The van der Waals surface area contributed by atoms with E-state index in [1.807, 2.05) is 11.9 Å². The fourth-order valence-electron chi connectivity index (χ4n) is 1.21. The lowest BCUT2D eigenvalue weighted by atomic mass is 10.1. The van der Waals surface area contributed by atoms with Crippen LogP contribution in [-0.2, 0) is 0 Å². The molecule has 0 spiro atoms. The van der Waals surface area contributed by atoms with E-state index in [1.165, 1.54) is 0 Å². The molecular formula is C9H14Cl2N4. The van der Waals surface area contributed by atoms with Gasteiger partial charge in [-0.15, -0.1) is 10.2 Å². The first-order valence-electron chi connectivity index (χ1n) is 4.81. The number of rotatable bonds is 4. The molecule has 1 aromatic heterocycles. The molecule has 1 unspecified atom stereocenters. The minimum atomic E-state index is 0.116. The van der Waals surface area contributed by atoms with Crippen molar-refractivity contribution in [1.82, 2.24) is 15.2 Å². The van der Waals surface area contributed by atoms with E-state index < -0.39 is 0 Å². The van der Waals surface area contributed by atoms with E-state index in [0.29, 0.717) is 11.7 Å². The van der Waals surface area contributed by atoms with Crippen molar-refractivity contribution in [2.45, 2.75) is 20.3 Å². The predicted molar refractivity (Wildman–Crippen MR) is 62.6 cm³/mol. The van der Waals surface area contributed by atoms with Crippen molar-refractivity contribution in [2.24, 2.45) is 5.92 Å². The van der Waals surface area contributed by atoms with Crippen molar-refractivity contribution in [1.29, 1.82) is 0 Å². The van der Waals surface area contributed by atoms with Gasteiger partial charge in [-0.1, -0.05) is 31.9 Å². The summed E-state index contributed by atoms with van der Waals surface area (Å²) in [6, 6.07) is 0. The maximum atomic E-state index is 5.88. The number of hydrogen-bond acceptors (Lipinski definition) is 4. The summed E-state index contributed by atoms with van der Waals surface area (Å²) in [6.07, 6.45) is 1.11. The summed E-state index contributed by atoms with van der Waals surface area (Å²) in [7, 11) is 1.92. The van der Waals surface area contributed by atoms with Gasteiger partial charge in [-0.25, -0.2) is 0 Å². The van der Waals surface area contributed by atoms with Gasteiger partial charge in [0.05, 0.1) is 0 Å². The number of hydrogen-bond donors (Lipinski definition) is 0. The van der Waals surface area contributed by atoms with Crippen LogP contribution >= 0.6 is 23.2 Å². The molecule has 1 atom stereocenters. The van der Waals surface area contributed by atoms with Gasteiger partial charge in [0.2, 0.25) is 5.28 Å². The fourth-order valence-corrected chi connectivity index (χ4v) is 1.55. The average molecular weight is 249 g/mol. The zero-order valence-electron chi connectivity index (χ0n) is 9.04. The fraction of sp³-hybridized carbons (Fsp3) is 0.667. The molecule has 15 heavy (non-hydrogen) atoms. The standard InChI is InChI=1S/C9H14Cl2N4/c1-4-6(2)5-15(3)8-7(10)13-14-9(11)12-8/h6H,4-5H2,1-3H3. The molecule has 0 bridgehead atoms. The van der Waals surface area contributed by atoms with Crippen LogP contribution in [0.3, 0.4) is 0 Å². The maximum Gasteiger partial charge on any atom is 0.245 e. The summed E-state index contributed by atoms with van der Waals surface area (Å²) in [6.45, 7) is 5.18. The van der Waals surface area contributed by atoms with E-state index in [0.717, 1.165) is 13.0 Å². The highest BCUT2D eigenvalue weighted by Crippen LogP contribution is 2.21. The molecule has 0 aliphatic carbocycles. The third kappa shape index (κ3) is 3.47. The molecule has 1 heterocycles. The molecule has 1 rings (SSSR count).